The van der Waals surface area contributed by atoms with Gasteiger partial charge in [-0.25, -0.2) is 0 Å². The molecule has 2 rings (SSSR count). The van der Waals surface area contributed by atoms with E-state index < -0.39 is 0 Å². The van der Waals surface area contributed by atoms with Crippen LogP contribution in [0.3, 0.4) is 0 Å². The summed E-state index contributed by atoms with van der Waals surface area (Å²) in [5.74, 6) is 0.866. The van der Waals surface area contributed by atoms with E-state index in [4.69, 9.17) is 16.3 Å². The fourth-order valence-corrected chi connectivity index (χ4v) is 2.17. The van der Waals surface area contributed by atoms with E-state index in [0.29, 0.717) is 0 Å². The third-order valence-electron chi connectivity index (χ3n) is 2.85. The maximum absolute atomic E-state index is 6.02. The lowest BCUT2D eigenvalue weighted by atomic mass is 10.0. The molecule has 0 aromatic heterocycles. The molecule has 0 spiro atoms. The Balaban J connectivity index is 2.36. The van der Waals surface area contributed by atoms with Crippen molar-refractivity contribution in [2.45, 2.75) is 25.7 Å². The predicted molar refractivity (Wildman–Crippen MR) is 67.9 cm³/mol. The van der Waals surface area contributed by atoms with Crippen LogP contribution in [0.25, 0.3) is 0 Å². The van der Waals surface area contributed by atoms with Crippen molar-refractivity contribution in [3.63, 3.8) is 0 Å². The van der Waals surface area contributed by atoms with E-state index in [-0.39, 0.29) is 0 Å². The van der Waals surface area contributed by atoms with Crippen LogP contribution in [0.4, 0.5) is 0 Å². The minimum atomic E-state index is 0.739. The average molecular weight is 238 g/mol. The molecule has 0 bridgehead atoms. The Morgan fingerprint density at radius 3 is 2.94 bits per heavy atom. The van der Waals surface area contributed by atoms with E-state index in [1.54, 1.807) is 7.11 Å². The molecule has 3 heteroatoms. The van der Waals surface area contributed by atoms with Crippen molar-refractivity contribution in [1.82, 2.24) is 0 Å². The van der Waals surface area contributed by atoms with Gasteiger partial charge in [-0.1, -0.05) is 18.0 Å². The topological polar surface area (TPSA) is 21.6 Å². The highest BCUT2D eigenvalue weighted by Gasteiger charge is 2.12. The standard InChI is InChI=1S/C13H16ClNO/c1-16-13-7-6-10(14)9-11(13)12-5-3-2-4-8-15-12/h6-7,9H,2-5,8H2,1H3. The molecule has 86 valence electrons. The van der Waals surface area contributed by atoms with Crippen LogP contribution in [-0.2, 0) is 0 Å². The van der Waals surface area contributed by atoms with E-state index in [1.165, 1.54) is 19.3 Å². The van der Waals surface area contributed by atoms with E-state index in [1.807, 2.05) is 18.2 Å². The molecule has 0 radical (unpaired) electrons. The minimum absolute atomic E-state index is 0.739. The van der Waals surface area contributed by atoms with Crippen LogP contribution in [0.5, 0.6) is 5.75 Å². The third-order valence-corrected chi connectivity index (χ3v) is 3.08. The quantitative estimate of drug-likeness (QED) is 0.769. The molecule has 0 N–H and O–H groups in total. The van der Waals surface area contributed by atoms with Crippen LogP contribution in [0.15, 0.2) is 23.2 Å². The summed E-state index contributed by atoms with van der Waals surface area (Å²) in [4.78, 5) is 4.62. The smallest absolute Gasteiger partial charge is 0.128 e. The zero-order chi connectivity index (χ0) is 11.4. The molecule has 0 amide bonds. The molecule has 1 heterocycles. The molecule has 1 aromatic carbocycles. The third kappa shape index (κ3) is 2.56. The second kappa shape index (κ2) is 5.35. The Hall–Kier alpha value is -1.02. The molecule has 1 aliphatic rings. The van der Waals surface area contributed by atoms with Gasteiger partial charge in [0.25, 0.3) is 0 Å². The number of ether oxygens (including phenoxy) is 1. The minimum Gasteiger partial charge on any atom is -0.496 e. The van der Waals surface area contributed by atoms with Crippen molar-refractivity contribution < 1.29 is 4.74 Å². The Labute approximate surface area is 101 Å². The maximum Gasteiger partial charge on any atom is 0.128 e. The van der Waals surface area contributed by atoms with Gasteiger partial charge in [-0.15, -0.1) is 0 Å². The van der Waals surface area contributed by atoms with Gasteiger partial charge in [-0.3, -0.25) is 4.99 Å². The average Bonchev–Trinajstić information content (AvgIpc) is 2.57. The largest absolute Gasteiger partial charge is 0.496 e. The lowest BCUT2D eigenvalue weighted by Crippen LogP contribution is -2.03. The van der Waals surface area contributed by atoms with Gasteiger partial charge in [0.1, 0.15) is 5.75 Å². The maximum atomic E-state index is 6.02. The van der Waals surface area contributed by atoms with Gasteiger partial charge in [0.2, 0.25) is 0 Å². The summed E-state index contributed by atoms with van der Waals surface area (Å²) >= 11 is 6.02. The summed E-state index contributed by atoms with van der Waals surface area (Å²) < 4.78 is 5.35. The van der Waals surface area contributed by atoms with Crippen LogP contribution in [-0.4, -0.2) is 19.4 Å². The number of nitrogens with zero attached hydrogens (tertiary/aromatic N) is 1. The molecule has 16 heavy (non-hydrogen) atoms. The SMILES string of the molecule is COc1ccc(Cl)cc1C1=NCCCCC1. The highest BCUT2D eigenvalue weighted by Crippen LogP contribution is 2.26. The normalized spacial score (nSPS) is 16.5. The van der Waals surface area contributed by atoms with Crippen LogP contribution < -0.4 is 4.74 Å². The van der Waals surface area contributed by atoms with Crippen molar-refractivity contribution in [3.05, 3.63) is 28.8 Å². The van der Waals surface area contributed by atoms with Crippen molar-refractivity contribution in [2.75, 3.05) is 13.7 Å². The van der Waals surface area contributed by atoms with E-state index >= 15 is 0 Å². The molecule has 1 aliphatic heterocycles. The zero-order valence-electron chi connectivity index (χ0n) is 9.50. The number of rotatable bonds is 2. The highest BCUT2D eigenvalue weighted by atomic mass is 35.5. The summed E-state index contributed by atoms with van der Waals surface area (Å²) in [6.07, 6.45) is 4.67. The zero-order valence-corrected chi connectivity index (χ0v) is 10.3. The van der Waals surface area contributed by atoms with E-state index in [0.717, 1.165) is 35.0 Å². The fraction of sp³-hybridized carbons (Fsp3) is 0.462. The summed E-state index contributed by atoms with van der Waals surface area (Å²) in [5.41, 5.74) is 2.19. The van der Waals surface area contributed by atoms with Crippen molar-refractivity contribution in [2.24, 2.45) is 4.99 Å². The van der Waals surface area contributed by atoms with Gasteiger partial charge in [-0.2, -0.15) is 0 Å². The van der Waals surface area contributed by atoms with E-state index in [2.05, 4.69) is 4.99 Å². The van der Waals surface area contributed by atoms with Gasteiger partial charge in [0.05, 0.1) is 7.11 Å². The molecule has 2 nitrogen and oxygen atoms in total. The van der Waals surface area contributed by atoms with E-state index in [9.17, 15) is 0 Å². The second-order valence-corrected chi connectivity index (χ2v) is 4.42. The first kappa shape index (κ1) is 11.5. The molecule has 0 saturated heterocycles. The summed E-state index contributed by atoms with van der Waals surface area (Å²) in [7, 11) is 1.68. The fourth-order valence-electron chi connectivity index (χ4n) is 2.00. The molecule has 0 aliphatic carbocycles. The number of methoxy groups -OCH3 is 1. The van der Waals surface area contributed by atoms with Crippen molar-refractivity contribution >= 4 is 17.3 Å². The van der Waals surface area contributed by atoms with Crippen LogP contribution >= 0.6 is 11.6 Å². The number of benzene rings is 1. The van der Waals surface area contributed by atoms with Gasteiger partial charge in [-0.05, 0) is 37.5 Å². The van der Waals surface area contributed by atoms with Gasteiger partial charge in [0, 0.05) is 22.8 Å². The molecule has 0 atom stereocenters. The molecule has 0 unspecified atom stereocenters. The first-order valence-electron chi connectivity index (χ1n) is 5.68. The van der Waals surface area contributed by atoms with Gasteiger partial charge < -0.3 is 4.74 Å². The summed E-state index contributed by atoms with van der Waals surface area (Å²) in [6.45, 7) is 0.922. The number of hydrogen-bond donors (Lipinski definition) is 0. The number of aliphatic imine (C=N–C) groups is 1. The number of halogens is 1. The lowest BCUT2D eigenvalue weighted by molar-refractivity contribution is 0.414. The first-order valence-corrected chi connectivity index (χ1v) is 6.06. The lowest BCUT2D eigenvalue weighted by Gasteiger charge is -2.10. The first-order chi connectivity index (χ1) is 7.81. The van der Waals surface area contributed by atoms with Gasteiger partial charge in [0.15, 0.2) is 0 Å². The van der Waals surface area contributed by atoms with Crippen LogP contribution in [0, 0.1) is 0 Å². The number of hydrogen-bond acceptors (Lipinski definition) is 2. The highest BCUT2D eigenvalue weighted by molar-refractivity contribution is 6.31. The Bertz CT molecular complexity index is 401. The predicted octanol–water partition coefficient (Wildman–Crippen LogP) is 3.71. The monoisotopic (exact) mass is 237 g/mol. The summed E-state index contributed by atoms with van der Waals surface area (Å²) in [5, 5.41) is 0.739. The van der Waals surface area contributed by atoms with Crippen LogP contribution in [0.1, 0.15) is 31.2 Å². The summed E-state index contributed by atoms with van der Waals surface area (Å²) in [6, 6.07) is 5.71. The Morgan fingerprint density at radius 2 is 2.12 bits per heavy atom. The second-order valence-electron chi connectivity index (χ2n) is 3.98. The Kier molecular flexibility index (Phi) is 3.83. The molecular formula is C13H16ClNO. The molecule has 0 saturated carbocycles. The molecule has 0 fully saturated rings. The van der Waals surface area contributed by atoms with Crippen LogP contribution in [0.2, 0.25) is 5.02 Å². The van der Waals surface area contributed by atoms with Crippen molar-refractivity contribution in [1.29, 1.82) is 0 Å². The molecular weight excluding hydrogens is 222 g/mol. The van der Waals surface area contributed by atoms with Gasteiger partial charge >= 0.3 is 0 Å². The Morgan fingerprint density at radius 1 is 1.25 bits per heavy atom. The van der Waals surface area contributed by atoms with Crippen molar-refractivity contribution in [3.8, 4) is 5.75 Å². The molecule has 1 aromatic rings.